The monoisotopic (exact) mass is 232 g/mol. The lowest BCUT2D eigenvalue weighted by Gasteiger charge is -2.12. The minimum absolute atomic E-state index is 0.0185. The van der Waals surface area contributed by atoms with Gasteiger partial charge in [0.15, 0.2) is 0 Å². The number of hydrogen-bond donors (Lipinski definition) is 2. The number of carbonyl (C=O) groups excluding carboxylic acids is 1. The Kier molecular flexibility index (Phi) is 2.48. The zero-order valence-electron chi connectivity index (χ0n) is 7.48. The summed E-state index contributed by atoms with van der Waals surface area (Å²) in [5, 5.41) is 4.59. The molecule has 1 saturated heterocycles. The third-order valence-electron chi connectivity index (χ3n) is 2.20. The maximum absolute atomic E-state index is 13.4. The molecule has 1 atom stereocenters. The van der Waals surface area contributed by atoms with E-state index in [1.54, 1.807) is 0 Å². The van der Waals surface area contributed by atoms with Crippen molar-refractivity contribution in [2.75, 3.05) is 6.54 Å². The van der Waals surface area contributed by atoms with Crippen molar-refractivity contribution in [2.45, 2.75) is 6.04 Å². The molecular formula is C9H7ClF2N2O. The van der Waals surface area contributed by atoms with E-state index in [1.165, 1.54) is 0 Å². The summed E-state index contributed by atoms with van der Waals surface area (Å²) in [6.45, 7) is 0.193. The van der Waals surface area contributed by atoms with Gasteiger partial charge in [-0.05, 0) is 12.1 Å². The van der Waals surface area contributed by atoms with E-state index in [9.17, 15) is 13.6 Å². The van der Waals surface area contributed by atoms with Gasteiger partial charge >= 0.3 is 6.03 Å². The number of halogens is 3. The van der Waals surface area contributed by atoms with Crippen molar-refractivity contribution in [3.63, 3.8) is 0 Å². The van der Waals surface area contributed by atoms with E-state index < -0.39 is 23.7 Å². The van der Waals surface area contributed by atoms with Crippen LogP contribution in [0.5, 0.6) is 0 Å². The normalized spacial score (nSPS) is 19.9. The molecule has 2 amide bonds. The zero-order valence-corrected chi connectivity index (χ0v) is 8.24. The second-order valence-electron chi connectivity index (χ2n) is 3.16. The first-order chi connectivity index (χ1) is 7.09. The van der Waals surface area contributed by atoms with Crippen LogP contribution < -0.4 is 10.6 Å². The minimum Gasteiger partial charge on any atom is -0.336 e. The molecule has 80 valence electrons. The van der Waals surface area contributed by atoms with Crippen molar-refractivity contribution >= 4 is 17.6 Å². The van der Waals surface area contributed by atoms with Crippen LogP contribution in [0.25, 0.3) is 0 Å². The van der Waals surface area contributed by atoms with E-state index in [4.69, 9.17) is 11.6 Å². The molecule has 0 saturated carbocycles. The highest BCUT2D eigenvalue weighted by Crippen LogP contribution is 2.29. The first-order valence-corrected chi connectivity index (χ1v) is 4.65. The number of benzene rings is 1. The standard InChI is InChI=1S/C9H7ClF2N2O/c10-8-5(12)2-1-4(11)7(8)6-3-13-9(15)14-6/h1-2,6H,3H2,(H2,13,14,15)/t6-/m0/s1. The van der Waals surface area contributed by atoms with Crippen molar-refractivity contribution in [1.82, 2.24) is 10.6 Å². The Morgan fingerprint density at radius 1 is 1.33 bits per heavy atom. The molecule has 0 spiro atoms. The molecule has 2 N–H and O–H groups in total. The van der Waals surface area contributed by atoms with Crippen LogP contribution in [0.2, 0.25) is 5.02 Å². The average Bonchev–Trinajstić information content (AvgIpc) is 2.59. The summed E-state index contributed by atoms with van der Waals surface area (Å²) < 4.78 is 26.5. The topological polar surface area (TPSA) is 41.1 Å². The molecule has 1 aromatic rings. The maximum atomic E-state index is 13.4. The lowest BCUT2D eigenvalue weighted by molar-refractivity contribution is 0.247. The molecule has 1 aliphatic heterocycles. The quantitative estimate of drug-likeness (QED) is 0.715. The van der Waals surface area contributed by atoms with Gasteiger partial charge in [-0.3, -0.25) is 0 Å². The van der Waals surface area contributed by atoms with Crippen LogP contribution in [0.15, 0.2) is 12.1 Å². The number of urea groups is 1. The van der Waals surface area contributed by atoms with Gasteiger partial charge in [0, 0.05) is 12.1 Å². The highest BCUT2D eigenvalue weighted by atomic mass is 35.5. The van der Waals surface area contributed by atoms with Crippen LogP contribution in [0.1, 0.15) is 11.6 Å². The molecule has 1 aromatic carbocycles. The molecule has 0 aromatic heterocycles. The Balaban J connectivity index is 2.43. The average molecular weight is 233 g/mol. The molecule has 0 bridgehead atoms. The van der Waals surface area contributed by atoms with Gasteiger partial charge in [-0.1, -0.05) is 11.6 Å². The fourth-order valence-electron chi connectivity index (χ4n) is 1.49. The van der Waals surface area contributed by atoms with E-state index in [-0.39, 0.29) is 17.1 Å². The number of carbonyl (C=O) groups is 1. The summed E-state index contributed by atoms with van der Waals surface area (Å²) >= 11 is 5.63. The Morgan fingerprint density at radius 3 is 2.60 bits per heavy atom. The van der Waals surface area contributed by atoms with E-state index in [0.29, 0.717) is 0 Å². The van der Waals surface area contributed by atoms with E-state index in [0.717, 1.165) is 12.1 Å². The Labute approximate surface area is 89.4 Å². The first-order valence-electron chi connectivity index (χ1n) is 4.27. The van der Waals surface area contributed by atoms with Crippen LogP contribution in [-0.4, -0.2) is 12.6 Å². The van der Waals surface area contributed by atoms with Gasteiger partial charge in [-0.15, -0.1) is 0 Å². The van der Waals surface area contributed by atoms with Crippen molar-refractivity contribution in [3.05, 3.63) is 34.4 Å². The predicted octanol–water partition coefficient (Wildman–Crippen LogP) is 1.97. The SMILES string of the molecule is O=C1NC[C@@H](c2c(F)ccc(F)c2Cl)N1. The summed E-state index contributed by atoms with van der Waals surface area (Å²) in [6.07, 6.45) is 0. The van der Waals surface area contributed by atoms with Gasteiger partial charge in [-0.2, -0.15) is 0 Å². The predicted molar refractivity (Wildman–Crippen MR) is 50.6 cm³/mol. The maximum Gasteiger partial charge on any atom is 0.315 e. The van der Waals surface area contributed by atoms with E-state index >= 15 is 0 Å². The van der Waals surface area contributed by atoms with Gasteiger partial charge in [0.2, 0.25) is 0 Å². The fourth-order valence-corrected chi connectivity index (χ4v) is 1.78. The highest BCUT2D eigenvalue weighted by Gasteiger charge is 2.27. The van der Waals surface area contributed by atoms with Crippen molar-refractivity contribution in [2.24, 2.45) is 0 Å². The number of hydrogen-bond acceptors (Lipinski definition) is 1. The van der Waals surface area contributed by atoms with Crippen LogP contribution in [0, 0.1) is 11.6 Å². The molecular weight excluding hydrogens is 226 g/mol. The second kappa shape index (κ2) is 3.66. The molecule has 1 fully saturated rings. The summed E-state index contributed by atoms with van der Waals surface area (Å²) in [7, 11) is 0. The zero-order chi connectivity index (χ0) is 11.0. The van der Waals surface area contributed by atoms with Crippen LogP contribution in [0.4, 0.5) is 13.6 Å². The molecule has 1 heterocycles. The Hall–Kier alpha value is -1.36. The fraction of sp³-hybridized carbons (Fsp3) is 0.222. The number of nitrogens with one attached hydrogen (secondary N) is 2. The summed E-state index contributed by atoms with van der Waals surface area (Å²) in [5.41, 5.74) is -0.0185. The van der Waals surface area contributed by atoms with E-state index in [1.807, 2.05) is 0 Å². The third-order valence-corrected chi connectivity index (χ3v) is 2.58. The van der Waals surface area contributed by atoms with Gasteiger partial charge < -0.3 is 10.6 Å². The van der Waals surface area contributed by atoms with Gasteiger partial charge in [0.1, 0.15) is 11.6 Å². The summed E-state index contributed by atoms with van der Waals surface area (Å²) in [5.74, 6) is -1.33. The Bertz CT molecular complexity index is 425. The summed E-state index contributed by atoms with van der Waals surface area (Å²) in [4.78, 5) is 10.9. The smallest absolute Gasteiger partial charge is 0.315 e. The lowest BCUT2D eigenvalue weighted by Crippen LogP contribution is -2.22. The number of amides is 2. The van der Waals surface area contributed by atoms with Crippen LogP contribution in [0.3, 0.4) is 0 Å². The van der Waals surface area contributed by atoms with Gasteiger partial charge in [0.05, 0.1) is 11.1 Å². The molecule has 2 rings (SSSR count). The minimum atomic E-state index is -0.700. The summed E-state index contributed by atoms with van der Waals surface area (Å²) in [6, 6.07) is 0.896. The largest absolute Gasteiger partial charge is 0.336 e. The van der Waals surface area contributed by atoms with Gasteiger partial charge in [0.25, 0.3) is 0 Å². The molecule has 0 aliphatic carbocycles. The number of rotatable bonds is 1. The molecule has 1 aliphatic rings. The van der Waals surface area contributed by atoms with Crippen molar-refractivity contribution < 1.29 is 13.6 Å². The molecule has 0 radical (unpaired) electrons. The third kappa shape index (κ3) is 1.74. The van der Waals surface area contributed by atoms with Crippen molar-refractivity contribution in [1.29, 1.82) is 0 Å². The molecule has 15 heavy (non-hydrogen) atoms. The van der Waals surface area contributed by atoms with E-state index in [2.05, 4.69) is 10.6 Å². The second-order valence-corrected chi connectivity index (χ2v) is 3.54. The first kappa shape index (κ1) is 10.2. The molecule has 3 nitrogen and oxygen atoms in total. The van der Waals surface area contributed by atoms with Crippen molar-refractivity contribution in [3.8, 4) is 0 Å². The van der Waals surface area contributed by atoms with Crippen LogP contribution >= 0.6 is 11.6 Å². The lowest BCUT2D eigenvalue weighted by atomic mass is 10.1. The molecule has 6 heteroatoms. The highest BCUT2D eigenvalue weighted by molar-refractivity contribution is 6.31. The Morgan fingerprint density at radius 2 is 2.00 bits per heavy atom. The van der Waals surface area contributed by atoms with Crippen LogP contribution in [-0.2, 0) is 0 Å². The van der Waals surface area contributed by atoms with Gasteiger partial charge in [-0.25, -0.2) is 13.6 Å². The molecule has 0 unspecified atom stereocenters.